The first-order valence-electron chi connectivity index (χ1n) is 10.4. The van der Waals surface area contributed by atoms with E-state index >= 15 is 0 Å². The van der Waals surface area contributed by atoms with Crippen molar-refractivity contribution in [2.75, 3.05) is 11.1 Å². The molecule has 32 heavy (non-hydrogen) atoms. The van der Waals surface area contributed by atoms with Crippen LogP contribution in [0.1, 0.15) is 39.5 Å². The average Bonchev–Trinajstić information content (AvgIpc) is 2.77. The molecular formula is C26H27N3O2S. The van der Waals surface area contributed by atoms with Gasteiger partial charge in [-0.25, -0.2) is 5.43 Å². The van der Waals surface area contributed by atoms with Crippen LogP contribution in [0.15, 0.2) is 77.9 Å². The number of anilines is 1. The fourth-order valence-corrected chi connectivity index (χ4v) is 4.03. The number of rotatable bonds is 8. The first-order chi connectivity index (χ1) is 15.4. The van der Waals surface area contributed by atoms with Gasteiger partial charge in [0.05, 0.1) is 11.5 Å². The van der Waals surface area contributed by atoms with E-state index in [0.717, 1.165) is 11.3 Å². The summed E-state index contributed by atoms with van der Waals surface area (Å²) in [7, 11) is 0. The standard InChI is InChI=1S/C26H27N3O2S/c1-18-12-19(2)14-21(13-18)16-32-17-25(30)29-28-20(3)23-10-7-11-24(15-23)27-26(31)22-8-5-4-6-9-22/h4-15H,16-17H2,1-3H3,(H,27,31)(H,29,30)/b28-20+. The molecule has 164 valence electrons. The molecule has 0 fully saturated rings. The molecule has 0 bridgehead atoms. The zero-order valence-corrected chi connectivity index (χ0v) is 19.3. The molecule has 2 amide bonds. The van der Waals surface area contributed by atoms with E-state index < -0.39 is 0 Å². The molecule has 5 nitrogen and oxygen atoms in total. The van der Waals surface area contributed by atoms with E-state index in [9.17, 15) is 9.59 Å². The molecule has 0 saturated heterocycles. The Morgan fingerprint density at radius 1 is 0.875 bits per heavy atom. The number of hydrazone groups is 1. The summed E-state index contributed by atoms with van der Waals surface area (Å²) in [6, 6.07) is 22.9. The van der Waals surface area contributed by atoms with Gasteiger partial charge in [-0.1, -0.05) is 59.7 Å². The number of carbonyl (C=O) groups is 2. The largest absolute Gasteiger partial charge is 0.322 e. The van der Waals surface area contributed by atoms with Gasteiger partial charge in [-0.3, -0.25) is 9.59 Å². The van der Waals surface area contributed by atoms with Crippen LogP contribution in [0.2, 0.25) is 0 Å². The van der Waals surface area contributed by atoms with Gasteiger partial charge in [-0.15, -0.1) is 11.8 Å². The zero-order valence-electron chi connectivity index (χ0n) is 18.5. The highest BCUT2D eigenvalue weighted by molar-refractivity contribution is 7.99. The number of nitrogens with zero attached hydrogens (tertiary/aromatic N) is 1. The van der Waals surface area contributed by atoms with Crippen LogP contribution in [0.3, 0.4) is 0 Å². The van der Waals surface area contributed by atoms with Crippen LogP contribution in [0.25, 0.3) is 0 Å². The van der Waals surface area contributed by atoms with Gasteiger partial charge in [-0.05, 0) is 56.2 Å². The number of amides is 2. The third-order valence-corrected chi connectivity index (χ3v) is 5.71. The van der Waals surface area contributed by atoms with Crippen molar-refractivity contribution in [3.8, 4) is 0 Å². The molecule has 0 saturated carbocycles. The number of thioether (sulfide) groups is 1. The summed E-state index contributed by atoms with van der Waals surface area (Å²) in [4.78, 5) is 24.5. The van der Waals surface area contributed by atoms with Crippen molar-refractivity contribution in [2.45, 2.75) is 26.5 Å². The van der Waals surface area contributed by atoms with Crippen molar-refractivity contribution in [2.24, 2.45) is 5.10 Å². The monoisotopic (exact) mass is 445 g/mol. The van der Waals surface area contributed by atoms with Crippen LogP contribution in [0, 0.1) is 13.8 Å². The first kappa shape index (κ1) is 23.3. The average molecular weight is 446 g/mol. The van der Waals surface area contributed by atoms with Crippen molar-refractivity contribution >= 4 is 35.0 Å². The molecule has 0 aromatic heterocycles. The Kier molecular flexibility index (Phi) is 8.22. The normalized spacial score (nSPS) is 11.2. The van der Waals surface area contributed by atoms with Crippen molar-refractivity contribution in [3.05, 3.63) is 101 Å². The fourth-order valence-electron chi connectivity index (χ4n) is 3.27. The molecule has 0 aliphatic carbocycles. The third-order valence-electron chi connectivity index (χ3n) is 4.71. The molecule has 2 N–H and O–H groups in total. The zero-order chi connectivity index (χ0) is 22.9. The molecule has 3 aromatic rings. The quantitative estimate of drug-likeness (QED) is 0.364. The lowest BCUT2D eigenvalue weighted by Gasteiger charge is -2.08. The summed E-state index contributed by atoms with van der Waals surface area (Å²) in [5.41, 5.74) is 9.03. The van der Waals surface area contributed by atoms with E-state index in [0.29, 0.717) is 22.7 Å². The van der Waals surface area contributed by atoms with Gasteiger partial charge >= 0.3 is 0 Å². The van der Waals surface area contributed by atoms with Crippen LogP contribution < -0.4 is 10.7 Å². The number of carbonyl (C=O) groups excluding carboxylic acids is 2. The molecule has 0 aliphatic heterocycles. The Hall–Kier alpha value is -3.38. The van der Waals surface area contributed by atoms with E-state index in [2.05, 4.69) is 47.9 Å². The van der Waals surface area contributed by atoms with Crippen molar-refractivity contribution in [3.63, 3.8) is 0 Å². The minimum absolute atomic E-state index is 0.146. The second-order valence-electron chi connectivity index (χ2n) is 7.62. The summed E-state index contributed by atoms with van der Waals surface area (Å²) in [5.74, 6) is 0.789. The lowest BCUT2D eigenvalue weighted by Crippen LogP contribution is -2.21. The maximum Gasteiger partial charge on any atom is 0.255 e. The van der Waals surface area contributed by atoms with E-state index in [4.69, 9.17) is 0 Å². The topological polar surface area (TPSA) is 70.6 Å². The summed E-state index contributed by atoms with van der Waals surface area (Å²) < 4.78 is 0. The highest BCUT2D eigenvalue weighted by Crippen LogP contribution is 2.16. The van der Waals surface area contributed by atoms with Gasteiger partial charge in [0, 0.05) is 17.0 Å². The van der Waals surface area contributed by atoms with Crippen LogP contribution in [-0.4, -0.2) is 23.3 Å². The Balaban J connectivity index is 1.52. The molecule has 3 aromatic carbocycles. The molecule has 0 heterocycles. The maximum atomic E-state index is 12.3. The lowest BCUT2D eigenvalue weighted by molar-refractivity contribution is -0.118. The van der Waals surface area contributed by atoms with Crippen molar-refractivity contribution in [1.82, 2.24) is 5.43 Å². The number of hydrogen-bond acceptors (Lipinski definition) is 4. The maximum absolute atomic E-state index is 12.3. The molecule has 0 unspecified atom stereocenters. The Labute approximate surface area is 193 Å². The van der Waals surface area contributed by atoms with Gasteiger partial charge < -0.3 is 5.32 Å². The van der Waals surface area contributed by atoms with Gasteiger partial charge in [0.25, 0.3) is 5.91 Å². The molecule has 0 spiro atoms. The van der Waals surface area contributed by atoms with Crippen LogP contribution in [-0.2, 0) is 10.5 Å². The molecule has 0 aliphatic rings. The van der Waals surface area contributed by atoms with Crippen molar-refractivity contribution in [1.29, 1.82) is 0 Å². The minimum Gasteiger partial charge on any atom is -0.322 e. The second kappa shape index (κ2) is 11.3. The molecule has 6 heteroatoms. The summed E-state index contributed by atoms with van der Waals surface area (Å²) in [6.07, 6.45) is 0. The summed E-state index contributed by atoms with van der Waals surface area (Å²) >= 11 is 1.56. The van der Waals surface area contributed by atoms with Crippen LogP contribution in [0.5, 0.6) is 0 Å². The lowest BCUT2D eigenvalue weighted by atomic mass is 10.1. The Bertz CT molecular complexity index is 1110. The predicted molar refractivity (Wildman–Crippen MR) is 133 cm³/mol. The number of aryl methyl sites for hydroxylation is 2. The SMILES string of the molecule is C/C(=N\NC(=O)CSCc1cc(C)cc(C)c1)c1cccc(NC(=O)c2ccccc2)c1. The van der Waals surface area contributed by atoms with Crippen LogP contribution in [0.4, 0.5) is 5.69 Å². The van der Waals surface area contributed by atoms with E-state index in [-0.39, 0.29) is 11.8 Å². The second-order valence-corrected chi connectivity index (χ2v) is 8.61. The molecule has 3 rings (SSSR count). The highest BCUT2D eigenvalue weighted by Gasteiger charge is 2.07. The Morgan fingerprint density at radius 2 is 1.56 bits per heavy atom. The van der Waals surface area contributed by atoms with E-state index in [1.54, 1.807) is 23.9 Å². The molecule has 0 atom stereocenters. The third kappa shape index (κ3) is 7.10. The Morgan fingerprint density at radius 3 is 2.28 bits per heavy atom. The molecule has 0 radical (unpaired) electrons. The van der Waals surface area contributed by atoms with E-state index in [1.165, 1.54) is 16.7 Å². The molecular weight excluding hydrogens is 418 g/mol. The van der Waals surface area contributed by atoms with Gasteiger partial charge in [-0.2, -0.15) is 5.10 Å². The van der Waals surface area contributed by atoms with Crippen LogP contribution >= 0.6 is 11.8 Å². The predicted octanol–water partition coefficient (Wildman–Crippen LogP) is 5.33. The van der Waals surface area contributed by atoms with E-state index in [1.807, 2.05) is 49.4 Å². The summed E-state index contributed by atoms with van der Waals surface area (Å²) in [6.45, 7) is 5.97. The number of hydrogen-bond donors (Lipinski definition) is 2. The van der Waals surface area contributed by atoms with Gasteiger partial charge in [0.15, 0.2) is 0 Å². The van der Waals surface area contributed by atoms with Crippen molar-refractivity contribution < 1.29 is 9.59 Å². The minimum atomic E-state index is -0.175. The summed E-state index contributed by atoms with van der Waals surface area (Å²) in [5, 5.41) is 7.10. The van der Waals surface area contributed by atoms with Gasteiger partial charge in [0.1, 0.15) is 0 Å². The number of nitrogens with one attached hydrogen (secondary N) is 2. The smallest absolute Gasteiger partial charge is 0.255 e. The fraction of sp³-hybridized carbons (Fsp3) is 0.192. The first-order valence-corrected chi connectivity index (χ1v) is 11.5. The highest BCUT2D eigenvalue weighted by atomic mass is 32.2. The number of benzene rings is 3. The van der Waals surface area contributed by atoms with Gasteiger partial charge in [0.2, 0.25) is 5.91 Å².